The van der Waals surface area contributed by atoms with Gasteiger partial charge < -0.3 is 5.11 Å². The van der Waals surface area contributed by atoms with E-state index in [1.165, 1.54) is 0 Å². The molecule has 0 atom stereocenters. The van der Waals surface area contributed by atoms with Gasteiger partial charge in [-0.2, -0.15) is 0 Å². The number of rotatable bonds is 1. The third kappa shape index (κ3) is 1.46. The molecule has 0 aromatic heterocycles. The minimum atomic E-state index is -0.885. The molecule has 2 rings (SSSR count). The Balaban J connectivity index is 2.49. The molecule has 1 aromatic carbocycles. The minimum Gasteiger partial charge on any atom is -0.478 e. The summed E-state index contributed by atoms with van der Waals surface area (Å²) >= 11 is 2.16. The standard InChI is InChI=1S/C9H6INO2/c10-8-7-2-1-5(9(12)13)3-6(7)4-11-8/h1-3H,4H2,(H,12,13). The molecule has 1 aliphatic heterocycles. The van der Waals surface area contributed by atoms with Crippen LogP contribution in [0.3, 0.4) is 0 Å². The van der Waals surface area contributed by atoms with Crippen LogP contribution in [0, 0.1) is 0 Å². The molecular formula is C9H6INO2. The fourth-order valence-corrected chi connectivity index (χ4v) is 2.00. The van der Waals surface area contributed by atoms with Crippen LogP contribution in [0.5, 0.6) is 0 Å². The van der Waals surface area contributed by atoms with E-state index in [4.69, 9.17) is 5.11 Å². The van der Waals surface area contributed by atoms with Crippen molar-refractivity contribution in [2.24, 2.45) is 4.99 Å². The number of carboxylic acids is 1. The largest absolute Gasteiger partial charge is 0.478 e. The zero-order chi connectivity index (χ0) is 9.42. The van der Waals surface area contributed by atoms with E-state index >= 15 is 0 Å². The molecule has 0 unspecified atom stereocenters. The van der Waals surface area contributed by atoms with Crippen LogP contribution in [0.4, 0.5) is 0 Å². The topological polar surface area (TPSA) is 49.7 Å². The van der Waals surface area contributed by atoms with Crippen molar-refractivity contribution in [2.75, 3.05) is 0 Å². The van der Waals surface area contributed by atoms with Gasteiger partial charge in [0.2, 0.25) is 0 Å². The molecule has 1 aromatic rings. The highest BCUT2D eigenvalue weighted by molar-refractivity contribution is 14.1. The Morgan fingerprint density at radius 1 is 1.54 bits per heavy atom. The second-order valence-electron chi connectivity index (χ2n) is 2.78. The Bertz CT molecular complexity index is 412. The molecule has 13 heavy (non-hydrogen) atoms. The zero-order valence-corrected chi connectivity index (χ0v) is 8.78. The summed E-state index contributed by atoms with van der Waals surface area (Å²) in [7, 11) is 0. The molecule has 1 aliphatic rings. The third-order valence-corrected chi connectivity index (χ3v) is 2.88. The number of halogens is 1. The predicted molar refractivity (Wildman–Crippen MR) is 57.7 cm³/mol. The molecule has 0 aliphatic carbocycles. The van der Waals surface area contributed by atoms with Crippen molar-refractivity contribution in [2.45, 2.75) is 6.54 Å². The molecular weight excluding hydrogens is 281 g/mol. The van der Waals surface area contributed by atoms with Crippen molar-refractivity contribution in [1.29, 1.82) is 0 Å². The van der Waals surface area contributed by atoms with Gasteiger partial charge in [-0.05, 0) is 40.3 Å². The van der Waals surface area contributed by atoms with Crippen molar-refractivity contribution >= 4 is 32.3 Å². The van der Waals surface area contributed by atoms with E-state index in [-0.39, 0.29) is 0 Å². The van der Waals surface area contributed by atoms with Crippen molar-refractivity contribution in [3.63, 3.8) is 0 Å². The third-order valence-electron chi connectivity index (χ3n) is 1.96. The molecule has 0 radical (unpaired) electrons. The van der Waals surface area contributed by atoms with Gasteiger partial charge in [-0.1, -0.05) is 6.07 Å². The van der Waals surface area contributed by atoms with Crippen LogP contribution in [-0.2, 0) is 6.54 Å². The van der Waals surface area contributed by atoms with Crippen LogP contribution >= 0.6 is 22.6 Å². The number of carbonyl (C=O) groups is 1. The Morgan fingerprint density at radius 3 is 3.00 bits per heavy atom. The number of hydrogen-bond acceptors (Lipinski definition) is 2. The van der Waals surface area contributed by atoms with Gasteiger partial charge in [0.25, 0.3) is 0 Å². The minimum absolute atomic E-state index is 0.333. The SMILES string of the molecule is O=C(O)c1ccc2c(c1)CN=C2I. The predicted octanol–water partition coefficient (Wildman–Crippen LogP) is 2.08. The highest BCUT2D eigenvalue weighted by Gasteiger charge is 2.15. The molecule has 0 saturated heterocycles. The van der Waals surface area contributed by atoms with Gasteiger partial charge in [0.15, 0.2) is 0 Å². The summed E-state index contributed by atoms with van der Waals surface area (Å²) in [5.74, 6) is -0.885. The summed E-state index contributed by atoms with van der Waals surface area (Å²) in [5.41, 5.74) is 2.40. The first kappa shape index (κ1) is 8.68. The van der Waals surface area contributed by atoms with E-state index in [0.717, 1.165) is 14.8 Å². The quantitative estimate of drug-likeness (QED) is 0.804. The maximum absolute atomic E-state index is 10.6. The summed E-state index contributed by atoms with van der Waals surface area (Å²) in [6.45, 7) is 0.606. The Labute approximate surface area is 88.6 Å². The lowest BCUT2D eigenvalue weighted by Crippen LogP contribution is -1.98. The lowest BCUT2D eigenvalue weighted by molar-refractivity contribution is 0.0697. The van der Waals surface area contributed by atoms with Crippen LogP contribution in [0.25, 0.3) is 0 Å². The second kappa shape index (κ2) is 3.10. The van der Waals surface area contributed by atoms with E-state index in [9.17, 15) is 4.79 Å². The van der Waals surface area contributed by atoms with Crippen LogP contribution in [0.15, 0.2) is 23.2 Å². The molecule has 0 saturated carbocycles. The first-order valence-electron chi connectivity index (χ1n) is 3.75. The van der Waals surface area contributed by atoms with E-state index in [0.29, 0.717) is 12.1 Å². The molecule has 0 bridgehead atoms. The molecule has 0 fully saturated rings. The van der Waals surface area contributed by atoms with Gasteiger partial charge in [-0.25, -0.2) is 4.79 Å². The summed E-state index contributed by atoms with van der Waals surface area (Å²) in [5, 5.41) is 8.74. The molecule has 0 spiro atoms. The van der Waals surface area contributed by atoms with Gasteiger partial charge in [-0.3, -0.25) is 4.99 Å². The highest BCUT2D eigenvalue weighted by Crippen LogP contribution is 2.23. The van der Waals surface area contributed by atoms with E-state index in [2.05, 4.69) is 27.6 Å². The van der Waals surface area contributed by atoms with E-state index in [1.807, 2.05) is 6.07 Å². The summed E-state index contributed by atoms with van der Waals surface area (Å²) in [4.78, 5) is 14.9. The Hall–Kier alpha value is -0.910. The fourth-order valence-electron chi connectivity index (χ4n) is 1.30. The highest BCUT2D eigenvalue weighted by atomic mass is 127. The van der Waals surface area contributed by atoms with E-state index < -0.39 is 5.97 Å². The van der Waals surface area contributed by atoms with Crippen molar-refractivity contribution in [1.82, 2.24) is 0 Å². The number of carboxylic acid groups (broad SMARTS) is 1. The molecule has 66 valence electrons. The Kier molecular flexibility index (Phi) is 2.07. The maximum atomic E-state index is 10.6. The number of benzene rings is 1. The monoisotopic (exact) mass is 287 g/mol. The number of hydrogen-bond donors (Lipinski definition) is 1. The first-order valence-corrected chi connectivity index (χ1v) is 4.83. The normalized spacial score (nSPS) is 13.8. The van der Waals surface area contributed by atoms with Crippen LogP contribution in [0.1, 0.15) is 21.5 Å². The van der Waals surface area contributed by atoms with Crippen molar-refractivity contribution < 1.29 is 9.90 Å². The number of nitrogens with zero attached hydrogens (tertiary/aromatic N) is 1. The lowest BCUT2D eigenvalue weighted by atomic mass is 10.1. The fraction of sp³-hybridized carbons (Fsp3) is 0.111. The molecule has 0 amide bonds. The smallest absolute Gasteiger partial charge is 0.335 e. The van der Waals surface area contributed by atoms with Gasteiger partial charge in [0.1, 0.15) is 3.72 Å². The number of fused-ring (bicyclic) bond motifs is 1. The van der Waals surface area contributed by atoms with Crippen molar-refractivity contribution in [3.8, 4) is 0 Å². The van der Waals surface area contributed by atoms with Crippen LogP contribution in [-0.4, -0.2) is 14.8 Å². The van der Waals surface area contributed by atoms with Crippen LogP contribution < -0.4 is 0 Å². The molecule has 4 heteroatoms. The van der Waals surface area contributed by atoms with Crippen LogP contribution in [0.2, 0.25) is 0 Å². The van der Waals surface area contributed by atoms with Gasteiger partial charge in [0, 0.05) is 5.56 Å². The summed E-state index contributed by atoms with van der Waals surface area (Å²) in [6.07, 6.45) is 0. The molecule has 1 heterocycles. The number of aromatic carboxylic acids is 1. The summed E-state index contributed by atoms with van der Waals surface area (Å²) in [6, 6.07) is 5.12. The maximum Gasteiger partial charge on any atom is 0.335 e. The second-order valence-corrected chi connectivity index (χ2v) is 3.81. The summed E-state index contributed by atoms with van der Waals surface area (Å²) < 4.78 is 0.963. The average molecular weight is 287 g/mol. The van der Waals surface area contributed by atoms with Gasteiger partial charge in [-0.15, -0.1) is 0 Å². The number of aliphatic imine (C=N–C) groups is 1. The lowest BCUT2D eigenvalue weighted by Gasteiger charge is -1.99. The van der Waals surface area contributed by atoms with Gasteiger partial charge >= 0.3 is 5.97 Å². The Morgan fingerprint density at radius 2 is 2.31 bits per heavy atom. The molecule has 1 N–H and O–H groups in total. The van der Waals surface area contributed by atoms with Gasteiger partial charge in [0.05, 0.1) is 12.1 Å². The zero-order valence-electron chi connectivity index (χ0n) is 6.62. The molecule has 3 nitrogen and oxygen atoms in total. The first-order chi connectivity index (χ1) is 6.18. The van der Waals surface area contributed by atoms with Crippen molar-refractivity contribution in [3.05, 3.63) is 34.9 Å². The van der Waals surface area contributed by atoms with E-state index in [1.54, 1.807) is 12.1 Å². The average Bonchev–Trinajstić information content (AvgIpc) is 2.47.